The summed E-state index contributed by atoms with van der Waals surface area (Å²) in [7, 11) is 0. The number of hydrogen-bond acceptors (Lipinski definition) is 3. The third-order valence-electron chi connectivity index (χ3n) is 2.67. The SMILES string of the molecule is CC1(Nc2nc[nH]c(=O)c2Cl)CCC1. The smallest absolute Gasteiger partial charge is 0.271 e. The number of aromatic amines is 1. The summed E-state index contributed by atoms with van der Waals surface area (Å²) in [5, 5.41) is 3.34. The first-order chi connectivity index (χ1) is 6.61. The van der Waals surface area contributed by atoms with Crippen molar-refractivity contribution in [3.63, 3.8) is 0 Å². The number of halogens is 1. The molecule has 1 saturated carbocycles. The van der Waals surface area contributed by atoms with E-state index in [1.165, 1.54) is 12.7 Å². The second-order valence-corrected chi connectivity index (χ2v) is 4.31. The van der Waals surface area contributed by atoms with Gasteiger partial charge in [0.1, 0.15) is 5.02 Å². The monoisotopic (exact) mass is 213 g/mol. The van der Waals surface area contributed by atoms with Crippen molar-refractivity contribution >= 4 is 17.4 Å². The molecular formula is C9H12ClN3O. The van der Waals surface area contributed by atoms with Crippen molar-refractivity contribution in [1.29, 1.82) is 0 Å². The van der Waals surface area contributed by atoms with E-state index in [1.807, 2.05) is 0 Å². The molecule has 0 unspecified atom stereocenters. The summed E-state index contributed by atoms with van der Waals surface area (Å²) in [4.78, 5) is 17.6. The Morgan fingerprint density at radius 3 is 2.93 bits per heavy atom. The molecule has 1 aromatic heterocycles. The fourth-order valence-corrected chi connectivity index (χ4v) is 1.74. The Bertz CT molecular complexity index is 397. The molecule has 0 atom stereocenters. The first kappa shape index (κ1) is 9.52. The summed E-state index contributed by atoms with van der Waals surface area (Å²) in [6.07, 6.45) is 4.76. The quantitative estimate of drug-likeness (QED) is 0.788. The topological polar surface area (TPSA) is 57.8 Å². The Morgan fingerprint density at radius 2 is 2.36 bits per heavy atom. The van der Waals surface area contributed by atoms with Crippen LogP contribution in [0.25, 0.3) is 0 Å². The van der Waals surface area contributed by atoms with E-state index in [4.69, 9.17) is 11.6 Å². The van der Waals surface area contributed by atoms with Crippen LogP contribution in [0.15, 0.2) is 11.1 Å². The van der Waals surface area contributed by atoms with Crippen LogP contribution >= 0.6 is 11.6 Å². The summed E-state index contributed by atoms with van der Waals surface area (Å²) in [5.41, 5.74) is -0.239. The molecule has 0 spiro atoms. The fraction of sp³-hybridized carbons (Fsp3) is 0.556. The zero-order chi connectivity index (χ0) is 10.2. The predicted octanol–water partition coefficient (Wildman–Crippen LogP) is 1.78. The van der Waals surface area contributed by atoms with Gasteiger partial charge < -0.3 is 10.3 Å². The van der Waals surface area contributed by atoms with Gasteiger partial charge in [-0.05, 0) is 26.2 Å². The normalized spacial score (nSPS) is 18.7. The van der Waals surface area contributed by atoms with Gasteiger partial charge in [-0.15, -0.1) is 0 Å². The minimum absolute atomic E-state index is 0.0600. The molecule has 2 rings (SSSR count). The van der Waals surface area contributed by atoms with Gasteiger partial charge in [0.2, 0.25) is 0 Å². The average Bonchev–Trinajstić information content (AvgIpc) is 2.10. The first-order valence-electron chi connectivity index (χ1n) is 4.62. The third-order valence-corrected chi connectivity index (χ3v) is 3.02. The highest BCUT2D eigenvalue weighted by molar-refractivity contribution is 6.32. The number of nitrogens with zero attached hydrogens (tertiary/aromatic N) is 1. The van der Waals surface area contributed by atoms with Crippen LogP contribution in [0, 0.1) is 0 Å². The number of anilines is 1. The molecule has 0 aliphatic heterocycles. The maximum absolute atomic E-state index is 11.2. The van der Waals surface area contributed by atoms with Crippen molar-refractivity contribution < 1.29 is 0 Å². The molecule has 0 aromatic carbocycles. The van der Waals surface area contributed by atoms with Gasteiger partial charge >= 0.3 is 0 Å². The molecule has 5 heteroatoms. The van der Waals surface area contributed by atoms with Crippen molar-refractivity contribution in [3.8, 4) is 0 Å². The molecule has 1 heterocycles. The molecule has 1 aliphatic carbocycles. The van der Waals surface area contributed by atoms with Gasteiger partial charge in [0, 0.05) is 5.54 Å². The largest absolute Gasteiger partial charge is 0.363 e. The lowest BCUT2D eigenvalue weighted by Crippen LogP contribution is -2.42. The van der Waals surface area contributed by atoms with Crippen LogP contribution < -0.4 is 10.9 Å². The summed E-state index contributed by atoms with van der Waals surface area (Å²) in [6, 6.07) is 0. The van der Waals surface area contributed by atoms with E-state index in [9.17, 15) is 4.79 Å². The van der Waals surface area contributed by atoms with Crippen LogP contribution in [0.1, 0.15) is 26.2 Å². The average molecular weight is 214 g/mol. The minimum atomic E-state index is -0.299. The lowest BCUT2D eigenvalue weighted by atomic mass is 9.78. The van der Waals surface area contributed by atoms with E-state index in [1.54, 1.807) is 0 Å². The highest BCUT2D eigenvalue weighted by Gasteiger charge is 2.32. The zero-order valence-corrected chi connectivity index (χ0v) is 8.69. The standard InChI is InChI=1S/C9H12ClN3O/c1-9(3-2-4-9)13-7-6(10)8(14)12-5-11-7/h5H,2-4H2,1H3,(H2,11,12,13,14). The number of aromatic nitrogens is 2. The molecule has 0 bridgehead atoms. The van der Waals surface area contributed by atoms with Gasteiger partial charge in [-0.1, -0.05) is 11.6 Å². The molecule has 0 saturated heterocycles. The van der Waals surface area contributed by atoms with Gasteiger partial charge in [0.05, 0.1) is 6.33 Å². The van der Waals surface area contributed by atoms with Crippen LogP contribution in [0.4, 0.5) is 5.82 Å². The Morgan fingerprint density at radius 1 is 1.64 bits per heavy atom. The second kappa shape index (κ2) is 3.28. The molecular weight excluding hydrogens is 202 g/mol. The fourth-order valence-electron chi connectivity index (χ4n) is 1.59. The zero-order valence-electron chi connectivity index (χ0n) is 7.93. The second-order valence-electron chi connectivity index (χ2n) is 3.93. The Hall–Kier alpha value is -1.03. The predicted molar refractivity (Wildman–Crippen MR) is 55.7 cm³/mol. The van der Waals surface area contributed by atoms with E-state index in [0.29, 0.717) is 5.82 Å². The van der Waals surface area contributed by atoms with Gasteiger partial charge in [-0.3, -0.25) is 4.79 Å². The Kier molecular flexibility index (Phi) is 2.23. The van der Waals surface area contributed by atoms with E-state index < -0.39 is 0 Å². The van der Waals surface area contributed by atoms with Crippen LogP contribution in [0.2, 0.25) is 5.02 Å². The van der Waals surface area contributed by atoms with E-state index in [0.717, 1.165) is 12.8 Å². The van der Waals surface area contributed by atoms with Crippen LogP contribution in [-0.4, -0.2) is 15.5 Å². The molecule has 2 N–H and O–H groups in total. The lowest BCUT2D eigenvalue weighted by Gasteiger charge is -2.39. The van der Waals surface area contributed by atoms with Gasteiger partial charge in [-0.25, -0.2) is 4.98 Å². The highest BCUT2D eigenvalue weighted by atomic mass is 35.5. The summed E-state index contributed by atoms with van der Waals surface area (Å²) >= 11 is 5.81. The Labute approximate surface area is 86.7 Å². The van der Waals surface area contributed by atoms with Crippen LogP contribution in [0.5, 0.6) is 0 Å². The Balaban J connectivity index is 2.24. The number of rotatable bonds is 2. The van der Waals surface area contributed by atoms with Crippen LogP contribution in [0.3, 0.4) is 0 Å². The number of nitrogens with one attached hydrogen (secondary N) is 2. The maximum atomic E-state index is 11.2. The maximum Gasteiger partial charge on any atom is 0.271 e. The van der Waals surface area contributed by atoms with Crippen molar-refractivity contribution in [2.75, 3.05) is 5.32 Å². The third kappa shape index (κ3) is 1.62. The van der Waals surface area contributed by atoms with Crippen molar-refractivity contribution in [3.05, 3.63) is 21.7 Å². The summed E-state index contributed by atoms with van der Waals surface area (Å²) < 4.78 is 0. The summed E-state index contributed by atoms with van der Waals surface area (Å²) in [5.74, 6) is 0.484. The molecule has 0 amide bonds. The molecule has 76 valence electrons. The number of hydrogen-bond donors (Lipinski definition) is 2. The molecule has 1 aromatic rings. The van der Waals surface area contributed by atoms with E-state index in [2.05, 4.69) is 22.2 Å². The van der Waals surface area contributed by atoms with Crippen molar-refractivity contribution in [1.82, 2.24) is 9.97 Å². The van der Waals surface area contributed by atoms with Gasteiger partial charge in [0.15, 0.2) is 5.82 Å². The van der Waals surface area contributed by atoms with Crippen molar-refractivity contribution in [2.45, 2.75) is 31.7 Å². The minimum Gasteiger partial charge on any atom is -0.363 e. The highest BCUT2D eigenvalue weighted by Crippen LogP contribution is 2.34. The number of H-pyrrole nitrogens is 1. The first-order valence-corrected chi connectivity index (χ1v) is 5.00. The summed E-state index contributed by atoms with van der Waals surface area (Å²) in [6.45, 7) is 2.11. The lowest BCUT2D eigenvalue weighted by molar-refractivity contribution is 0.305. The van der Waals surface area contributed by atoms with Crippen LogP contribution in [-0.2, 0) is 0 Å². The van der Waals surface area contributed by atoms with Gasteiger partial charge in [-0.2, -0.15) is 0 Å². The van der Waals surface area contributed by atoms with Crippen molar-refractivity contribution in [2.24, 2.45) is 0 Å². The molecule has 0 radical (unpaired) electrons. The molecule has 4 nitrogen and oxygen atoms in total. The van der Waals surface area contributed by atoms with E-state index >= 15 is 0 Å². The molecule has 1 aliphatic rings. The van der Waals surface area contributed by atoms with E-state index in [-0.39, 0.29) is 16.1 Å². The molecule has 14 heavy (non-hydrogen) atoms. The van der Waals surface area contributed by atoms with Gasteiger partial charge in [0.25, 0.3) is 5.56 Å². The molecule has 1 fully saturated rings.